The summed E-state index contributed by atoms with van der Waals surface area (Å²) >= 11 is 0. The van der Waals surface area contributed by atoms with Gasteiger partial charge in [0.25, 0.3) is 0 Å². The standard InChI is InChI=1S/C14H17FN2O2/c1-3-17(2)14(19)16-12-8-7-11(13(15)10-12)6-4-5-9-18/h7-8,10,18H,3,5,9H2,1-2H3,(H,16,19). The Morgan fingerprint density at radius 1 is 1.53 bits per heavy atom. The third-order valence-electron chi connectivity index (χ3n) is 2.50. The van der Waals surface area contributed by atoms with Gasteiger partial charge in [0, 0.05) is 25.7 Å². The van der Waals surface area contributed by atoms with Crippen molar-refractivity contribution in [3.63, 3.8) is 0 Å². The first-order valence-corrected chi connectivity index (χ1v) is 6.00. The zero-order valence-corrected chi connectivity index (χ0v) is 11.0. The molecule has 0 atom stereocenters. The number of carbonyl (C=O) groups excluding carboxylic acids is 1. The van der Waals surface area contributed by atoms with Crippen LogP contribution in [-0.4, -0.2) is 36.2 Å². The predicted molar refractivity (Wildman–Crippen MR) is 72.3 cm³/mol. The predicted octanol–water partition coefficient (Wildman–Crippen LogP) is 2.04. The van der Waals surface area contributed by atoms with Crippen molar-refractivity contribution in [2.24, 2.45) is 0 Å². The summed E-state index contributed by atoms with van der Waals surface area (Å²) < 4.78 is 13.7. The molecule has 2 N–H and O–H groups in total. The Kier molecular flexibility index (Phi) is 5.83. The van der Waals surface area contributed by atoms with E-state index in [2.05, 4.69) is 17.2 Å². The topological polar surface area (TPSA) is 52.6 Å². The molecule has 0 radical (unpaired) electrons. The smallest absolute Gasteiger partial charge is 0.321 e. The number of rotatable bonds is 3. The van der Waals surface area contributed by atoms with E-state index in [1.54, 1.807) is 13.1 Å². The number of urea groups is 1. The number of hydrogen-bond acceptors (Lipinski definition) is 2. The van der Waals surface area contributed by atoms with E-state index in [9.17, 15) is 9.18 Å². The number of nitrogens with one attached hydrogen (secondary N) is 1. The van der Waals surface area contributed by atoms with Crippen molar-refractivity contribution >= 4 is 11.7 Å². The van der Waals surface area contributed by atoms with Crippen molar-refractivity contribution in [3.05, 3.63) is 29.6 Å². The summed E-state index contributed by atoms with van der Waals surface area (Å²) in [6.07, 6.45) is 0.305. The lowest BCUT2D eigenvalue weighted by molar-refractivity contribution is 0.224. The van der Waals surface area contributed by atoms with Crippen LogP contribution in [0, 0.1) is 17.7 Å². The molecule has 19 heavy (non-hydrogen) atoms. The first kappa shape index (κ1) is 15.0. The van der Waals surface area contributed by atoms with E-state index < -0.39 is 5.82 Å². The van der Waals surface area contributed by atoms with E-state index in [1.165, 1.54) is 17.0 Å². The van der Waals surface area contributed by atoms with E-state index >= 15 is 0 Å². The molecule has 0 saturated carbocycles. The highest BCUT2D eigenvalue weighted by molar-refractivity contribution is 5.89. The molecule has 0 aliphatic rings. The number of aliphatic hydroxyl groups is 1. The number of anilines is 1. The largest absolute Gasteiger partial charge is 0.395 e. The Hall–Kier alpha value is -2.06. The van der Waals surface area contributed by atoms with Crippen molar-refractivity contribution in [1.29, 1.82) is 0 Å². The highest BCUT2D eigenvalue weighted by Crippen LogP contribution is 2.14. The van der Waals surface area contributed by atoms with Gasteiger partial charge in [-0.1, -0.05) is 11.8 Å². The number of aliphatic hydroxyl groups excluding tert-OH is 1. The third-order valence-corrected chi connectivity index (χ3v) is 2.50. The van der Waals surface area contributed by atoms with Crippen LogP contribution in [0.5, 0.6) is 0 Å². The summed E-state index contributed by atoms with van der Waals surface area (Å²) in [5.41, 5.74) is 0.630. The van der Waals surface area contributed by atoms with Gasteiger partial charge in [-0.25, -0.2) is 9.18 Å². The Morgan fingerprint density at radius 3 is 2.84 bits per heavy atom. The van der Waals surface area contributed by atoms with Gasteiger partial charge in [0.15, 0.2) is 0 Å². The highest BCUT2D eigenvalue weighted by atomic mass is 19.1. The van der Waals surface area contributed by atoms with Gasteiger partial charge in [-0.2, -0.15) is 0 Å². The van der Waals surface area contributed by atoms with Gasteiger partial charge in [0.2, 0.25) is 0 Å². The number of halogens is 1. The van der Waals surface area contributed by atoms with Gasteiger partial charge in [-0.15, -0.1) is 0 Å². The van der Waals surface area contributed by atoms with Crippen LogP contribution in [0.1, 0.15) is 18.9 Å². The summed E-state index contributed by atoms with van der Waals surface area (Å²) in [6, 6.07) is 4.03. The van der Waals surface area contributed by atoms with Crippen LogP contribution >= 0.6 is 0 Å². The van der Waals surface area contributed by atoms with Crippen LogP contribution in [0.25, 0.3) is 0 Å². The van der Waals surface area contributed by atoms with Crippen LogP contribution in [0.2, 0.25) is 0 Å². The Balaban J connectivity index is 2.78. The van der Waals surface area contributed by atoms with Gasteiger partial charge < -0.3 is 15.3 Å². The molecule has 0 heterocycles. The summed E-state index contributed by atoms with van der Waals surface area (Å²) in [4.78, 5) is 13.1. The van der Waals surface area contributed by atoms with Crippen molar-refractivity contribution in [2.45, 2.75) is 13.3 Å². The normalized spacial score (nSPS) is 9.47. The SMILES string of the molecule is CCN(C)C(=O)Nc1ccc(C#CCCO)c(F)c1. The number of amides is 2. The second-order valence-electron chi connectivity index (χ2n) is 3.91. The van der Waals surface area contributed by atoms with Gasteiger partial charge in [-0.05, 0) is 25.1 Å². The molecule has 1 aromatic rings. The Morgan fingerprint density at radius 2 is 2.26 bits per heavy atom. The van der Waals surface area contributed by atoms with Crippen molar-refractivity contribution in [2.75, 3.05) is 25.5 Å². The van der Waals surface area contributed by atoms with E-state index in [4.69, 9.17) is 5.11 Å². The molecule has 1 aromatic carbocycles. The number of benzene rings is 1. The van der Waals surface area contributed by atoms with Gasteiger partial charge in [0.05, 0.1) is 12.2 Å². The molecule has 1 rings (SSSR count). The third kappa shape index (κ3) is 4.60. The second kappa shape index (κ2) is 7.39. The minimum atomic E-state index is -0.498. The maximum atomic E-state index is 13.7. The Bertz CT molecular complexity index is 506. The fourth-order valence-corrected chi connectivity index (χ4v) is 1.27. The molecule has 0 bridgehead atoms. The summed E-state index contributed by atoms with van der Waals surface area (Å²) in [6.45, 7) is 2.37. The van der Waals surface area contributed by atoms with E-state index in [0.29, 0.717) is 18.7 Å². The first-order chi connectivity index (χ1) is 9.08. The van der Waals surface area contributed by atoms with Gasteiger partial charge >= 0.3 is 6.03 Å². The fraction of sp³-hybridized carbons (Fsp3) is 0.357. The molecule has 2 amide bonds. The molecule has 5 heteroatoms. The molecule has 0 aliphatic heterocycles. The molecule has 0 saturated heterocycles. The summed E-state index contributed by atoms with van der Waals surface area (Å²) in [5.74, 6) is 4.77. The molecule has 4 nitrogen and oxygen atoms in total. The zero-order valence-electron chi connectivity index (χ0n) is 11.0. The van der Waals surface area contributed by atoms with Gasteiger partial charge in [0.1, 0.15) is 5.82 Å². The van der Waals surface area contributed by atoms with Crippen molar-refractivity contribution in [3.8, 4) is 11.8 Å². The maximum absolute atomic E-state index is 13.7. The van der Waals surface area contributed by atoms with Crippen molar-refractivity contribution < 1.29 is 14.3 Å². The monoisotopic (exact) mass is 264 g/mol. The molecular weight excluding hydrogens is 247 g/mol. The second-order valence-corrected chi connectivity index (χ2v) is 3.91. The Labute approximate surface area is 112 Å². The average Bonchev–Trinajstić information content (AvgIpc) is 2.40. The lowest BCUT2D eigenvalue weighted by atomic mass is 10.2. The molecule has 0 unspecified atom stereocenters. The molecule has 0 fully saturated rings. The highest BCUT2D eigenvalue weighted by Gasteiger charge is 2.08. The minimum Gasteiger partial charge on any atom is -0.395 e. The zero-order chi connectivity index (χ0) is 14.3. The molecule has 0 aliphatic carbocycles. The molecule has 102 valence electrons. The number of hydrogen-bond donors (Lipinski definition) is 2. The van der Waals surface area contributed by atoms with E-state index in [1.807, 2.05) is 6.92 Å². The van der Waals surface area contributed by atoms with Crippen LogP contribution in [0.3, 0.4) is 0 Å². The fourth-order valence-electron chi connectivity index (χ4n) is 1.27. The maximum Gasteiger partial charge on any atom is 0.321 e. The van der Waals surface area contributed by atoms with Crippen molar-refractivity contribution in [1.82, 2.24) is 4.90 Å². The number of carbonyl (C=O) groups is 1. The quantitative estimate of drug-likeness (QED) is 0.821. The summed E-state index contributed by atoms with van der Waals surface area (Å²) in [7, 11) is 1.65. The molecule has 0 spiro atoms. The first-order valence-electron chi connectivity index (χ1n) is 6.00. The molecule has 0 aromatic heterocycles. The summed E-state index contributed by atoms with van der Waals surface area (Å²) in [5, 5.41) is 11.2. The van der Waals surface area contributed by atoms with Crippen LogP contribution in [-0.2, 0) is 0 Å². The molecular formula is C14H17FN2O2. The lowest BCUT2D eigenvalue weighted by Crippen LogP contribution is -2.30. The van der Waals surface area contributed by atoms with Crippen LogP contribution in [0.4, 0.5) is 14.9 Å². The minimum absolute atomic E-state index is 0.0495. The lowest BCUT2D eigenvalue weighted by Gasteiger charge is -2.15. The van der Waals surface area contributed by atoms with E-state index in [0.717, 1.165) is 0 Å². The van der Waals surface area contributed by atoms with Crippen LogP contribution in [0.15, 0.2) is 18.2 Å². The van der Waals surface area contributed by atoms with E-state index in [-0.39, 0.29) is 18.2 Å². The van der Waals surface area contributed by atoms with Crippen LogP contribution < -0.4 is 5.32 Å². The number of nitrogens with zero attached hydrogens (tertiary/aromatic N) is 1. The average molecular weight is 264 g/mol. The van der Waals surface area contributed by atoms with Gasteiger partial charge in [-0.3, -0.25) is 0 Å².